The molecule has 0 fully saturated rings. The van der Waals surface area contributed by atoms with Gasteiger partial charge in [0, 0.05) is 18.1 Å². The molecule has 0 heterocycles. The summed E-state index contributed by atoms with van der Waals surface area (Å²) in [6.07, 6.45) is 5.02. The van der Waals surface area contributed by atoms with E-state index < -0.39 is 9.84 Å². The highest BCUT2D eigenvalue weighted by Crippen LogP contribution is 2.10. The van der Waals surface area contributed by atoms with Gasteiger partial charge in [-0.2, -0.15) is 0 Å². The van der Waals surface area contributed by atoms with Gasteiger partial charge in [-0.25, -0.2) is 8.42 Å². The number of benzene rings is 1. The number of nitrogens with one attached hydrogen (secondary N) is 1. The molecule has 1 aromatic rings. The van der Waals surface area contributed by atoms with Crippen molar-refractivity contribution < 1.29 is 8.42 Å². The van der Waals surface area contributed by atoms with E-state index in [1.165, 1.54) is 17.4 Å². The van der Waals surface area contributed by atoms with Crippen LogP contribution in [0.4, 0.5) is 0 Å². The molecule has 0 amide bonds. The highest BCUT2D eigenvalue weighted by atomic mass is 32.2. The van der Waals surface area contributed by atoms with E-state index >= 15 is 0 Å². The van der Waals surface area contributed by atoms with Crippen LogP contribution in [0.2, 0.25) is 0 Å². The lowest BCUT2D eigenvalue weighted by molar-refractivity contribution is 0.483. The van der Waals surface area contributed by atoms with Crippen molar-refractivity contribution in [3.63, 3.8) is 0 Å². The van der Waals surface area contributed by atoms with Crippen LogP contribution >= 0.6 is 0 Å². The van der Waals surface area contributed by atoms with Gasteiger partial charge in [-0.3, -0.25) is 0 Å². The molecule has 3 nitrogen and oxygen atoms in total. The van der Waals surface area contributed by atoms with Crippen molar-refractivity contribution in [2.45, 2.75) is 38.6 Å². The largest absolute Gasteiger partial charge is 0.317 e. The summed E-state index contributed by atoms with van der Waals surface area (Å²) < 4.78 is 22.2. The fraction of sp³-hybridized carbons (Fsp3) is 0.600. The van der Waals surface area contributed by atoms with E-state index in [9.17, 15) is 8.42 Å². The Balaban J connectivity index is 2.34. The number of rotatable bonds is 8. The second-order valence-electron chi connectivity index (χ2n) is 5.28. The lowest BCUT2D eigenvalue weighted by atomic mass is 10.0. The molecule has 108 valence electrons. The number of sulfone groups is 1. The van der Waals surface area contributed by atoms with Crippen molar-refractivity contribution in [1.82, 2.24) is 5.32 Å². The molecule has 0 bridgehead atoms. The highest BCUT2D eigenvalue weighted by molar-refractivity contribution is 7.90. The van der Waals surface area contributed by atoms with Crippen molar-refractivity contribution in [2.24, 2.45) is 0 Å². The molecule has 1 aromatic carbocycles. The maximum Gasteiger partial charge on any atom is 0.147 e. The van der Waals surface area contributed by atoms with E-state index in [2.05, 4.69) is 36.5 Å². The summed E-state index contributed by atoms with van der Waals surface area (Å²) in [4.78, 5) is 0. The molecule has 1 rings (SSSR count). The third-order valence-electron chi connectivity index (χ3n) is 3.38. The molecule has 0 radical (unpaired) electrons. The Bertz CT molecular complexity index is 465. The zero-order valence-electron chi connectivity index (χ0n) is 12.1. The van der Waals surface area contributed by atoms with Crippen molar-refractivity contribution in [1.29, 1.82) is 0 Å². The van der Waals surface area contributed by atoms with Crippen molar-refractivity contribution in [3.8, 4) is 0 Å². The summed E-state index contributed by atoms with van der Waals surface area (Å²) >= 11 is 0. The van der Waals surface area contributed by atoms with Crippen LogP contribution < -0.4 is 5.32 Å². The fourth-order valence-electron chi connectivity index (χ4n) is 2.12. The Morgan fingerprint density at radius 2 is 1.79 bits per heavy atom. The van der Waals surface area contributed by atoms with Gasteiger partial charge in [-0.05, 0) is 45.2 Å². The van der Waals surface area contributed by atoms with Crippen LogP contribution in [0.15, 0.2) is 24.3 Å². The van der Waals surface area contributed by atoms with Crippen molar-refractivity contribution in [3.05, 3.63) is 35.4 Å². The van der Waals surface area contributed by atoms with Crippen LogP contribution in [-0.4, -0.2) is 33.5 Å². The molecule has 0 aliphatic carbocycles. The summed E-state index contributed by atoms with van der Waals surface area (Å²) in [5.74, 6) is 0.287. The fourth-order valence-corrected chi connectivity index (χ4v) is 2.81. The smallest absolute Gasteiger partial charge is 0.147 e. The topological polar surface area (TPSA) is 46.2 Å². The zero-order valence-corrected chi connectivity index (χ0v) is 13.0. The molecule has 0 aromatic heterocycles. The molecule has 0 aliphatic rings. The predicted octanol–water partition coefficient (Wildman–Crippen LogP) is 2.34. The Hall–Kier alpha value is -0.870. The Kier molecular flexibility index (Phi) is 6.52. The first-order valence-electron chi connectivity index (χ1n) is 6.81. The van der Waals surface area contributed by atoms with Gasteiger partial charge in [0.05, 0.1) is 0 Å². The zero-order chi connectivity index (χ0) is 14.3. The Morgan fingerprint density at radius 1 is 1.16 bits per heavy atom. The summed E-state index contributed by atoms with van der Waals surface area (Å²) in [5.41, 5.74) is 2.62. The molecule has 0 saturated carbocycles. The predicted molar refractivity (Wildman–Crippen MR) is 81.3 cm³/mol. The number of aryl methyl sites for hydroxylation is 2. The SMILES string of the molecule is CNC(CCCS(C)(=O)=O)CCc1ccc(C)cc1. The lowest BCUT2D eigenvalue weighted by Crippen LogP contribution is -2.26. The normalized spacial score (nSPS) is 13.4. The first-order valence-corrected chi connectivity index (χ1v) is 8.87. The molecule has 1 N–H and O–H groups in total. The highest BCUT2D eigenvalue weighted by Gasteiger charge is 2.09. The first kappa shape index (κ1) is 16.2. The summed E-state index contributed by atoms with van der Waals surface area (Å²) in [6, 6.07) is 8.99. The average Bonchev–Trinajstić information content (AvgIpc) is 2.34. The monoisotopic (exact) mass is 283 g/mol. The average molecular weight is 283 g/mol. The van der Waals surface area contributed by atoms with Crippen molar-refractivity contribution >= 4 is 9.84 Å². The lowest BCUT2D eigenvalue weighted by Gasteiger charge is -2.15. The van der Waals surface area contributed by atoms with Gasteiger partial charge in [0.1, 0.15) is 9.84 Å². The van der Waals surface area contributed by atoms with Crippen LogP contribution in [0.25, 0.3) is 0 Å². The minimum Gasteiger partial charge on any atom is -0.317 e. The molecule has 0 saturated heterocycles. The molecule has 1 unspecified atom stereocenters. The van der Waals surface area contributed by atoms with Gasteiger partial charge in [-0.1, -0.05) is 29.8 Å². The molecule has 0 aliphatic heterocycles. The van der Waals surface area contributed by atoms with Crippen LogP contribution in [0.1, 0.15) is 30.4 Å². The first-order chi connectivity index (χ1) is 8.90. The van der Waals surface area contributed by atoms with E-state index in [1.807, 2.05) is 7.05 Å². The Morgan fingerprint density at radius 3 is 2.32 bits per heavy atom. The second-order valence-corrected chi connectivity index (χ2v) is 7.54. The van der Waals surface area contributed by atoms with Gasteiger partial charge in [0.25, 0.3) is 0 Å². The minimum absolute atomic E-state index is 0.287. The maximum atomic E-state index is 11.1. The van der Waals surface area contributed by atoms with Gasteiger partial charge >= 0.3 is 0 Å². The van der Waals surface area contributed by atoms with E-state index in [0.717, 1.165) is 25.7 Å². The quantitative estimate of drug-likeness (QED) is 0.796. The third-order valence-corrected chi connectivity index (χ3v) is 4.41. The number of hydrogen-bond acceptors (Lipinski definition) is 3. The molecular weight excluding hydrogens is 258 g/mol. The van der Waals surface area contributed by atoms with E-state index in [1.54, 1.807) is 0 Å². The van der Waals surface area contributed by atoms with Gasteiger partial charge in [-0.15, -0.1) is 0 Å². The summed E-state index contributed by atoms with van der Waals surface area (Å²) in [5, 5.41) is 3.28. The second kappa shape index (κ2) is 7.65. The van der Waals surface area contributed by atoms with Crippen LogP contribution in [-0.2, 0) is 16.3 Å². The van der Waals surface area contributed by atoms with Gasteiger partial charge in [0.2, 0.25) is 0 Å². The van der Waals surface area contributed by atoms with E-state index in [4.69, 9.17) is 0 Å². The molecule has 19 heavy (non-hydrogen) atoms. The molecular formula is C15H25NO2S. The molecule has 1 atom stereocenters. The number of hydrogen-bond donors (Lipinski definition) is 1. The summed E-state index contributed by atoms with van der Waals surface area (Å²) in [6.45, 7) is 2.09. The third kappa shape index (κ3) is 7.33. The van der Waals surface area contributed by atoms with Crippen LogP contribution in [0.5, 0.6) is 0 Å². The van der Waals surface area contributed by atoms with Crippen LogP contribution in [0.3, 0.4) is 0 Å². The van der Waals surface area contributed by atoms with Crippen LogP contribution in [0, 0.1) is 6.92 Å². The molecule has 4 heteroatoms. The van der Waals surface area contributed by atoms with E-state index in [0.29, 0.717) is 6.04 Å². The minimum atomic E-state index is -2.83. The summed E-state index contributed by atoms with van der Waals surface area (Å²) in [7, 11) is -0.883. The van der Waals surface area contributed by atoms with Gasteiger partial charge < -0.3 is 5.32 Å². The van der Waals surface area contributed by atoms with Gasteiger partial charge in [0.15, 0.2) is 0 Å². The Labute approximate surface area is 117 Å². The standard InChI is InChI=1S/C15H25NO2S/c1-13-6-8-14(9-7-13)10-11-15(16-2)5-4-12-19(3,17)18/h6-9,15-16H,4-5,10-12H2,1-3H3. The molecule has 0 spiro atoms. The maximum absolute atomic E-state index is 11.1. The van der Waals surface area contributed by atoms with E-state index in [-0.39, 0.29) is 5.75 Å². The van der Waals surface area contributed by atoms with Crippen molar-refractivity contribution in [2.75, 3.05) is 19.1 Å².